The van der Waals surface area contributed by atoms with E-state index in [1.807, 2.05) is 25.1 Å². The predicted octanol–water partition coefficient (Wildman–Crippen LogP) is 5.36. The van der Waals surface area contributed by atoms with Crippen LogP contribution in [0.15, 0.2) is 48.6 Å². The van der Waals surface area contributed by atoms with Crippen molar-refractivity contribution < 1.29 is 27.5 Å². The number of sulfonamides is 1. The molecule has 2 bridgehead atoms. The molecule has 2 aromatic rings. The van der Waals surface area contributed by atoms with E-state index < -0.39 is 21.2 Å². The second-order valence-electron chi connectivity index (χ2n) is 14.2. The number of nitrogens with zero attached hydrogens (tertiary/aromatic N) is 2. The lowest BCUT2D eigenvalue weighted by molar-refractivity contribution is -0.137. The molecule has 1 fully saturated rings. The molecule has 9 nitrogen and oxygen atoms in total. The highest BCUT2D eigenvalue weighted by atomic mass is 35.5. The maximum Gasteiger partial charge on any atom is 0.264 e. The van der Waals surface area contributed by atoms with Gasteiger partial charge in [0.05, 0.1) is 23.6 Å². The number of anilines is 1. The second-order valence-corrected chi connectivity index (χ2v) is 16.6. The van der Waals surface area contributed by atoms with Crippen molar-refractivity contribution in [1.82, 2.24) is 9.62 Å². The van der Waals surface area contributed by atoms with Crippen molar-refractivity contribution in [2.24, 2.45) is 17.8 Å². The Morgan fingerprint density at radius 1 is 1.17 bits per heavy atom. The molecule has 47 heavy (non-hydrogen) atoms. The van der Waals surface area contributed by atoms with E-state index in [2.05, 4.69) is 21.8 Å². The van der Waals surface area contributed by atoms with Crippen LogP contribution in [0.5, 0.6) is 5.75 Å². The summed E-state index contributed by atoms with van der Waals surface area (Å²) < 4.78 is 41.9. The van der Waals surface area contributed by atoms with E-state index in [-0.39, 0.29) is 47.4 Å². The summed E-state index contributed by atoms with van der Waals surface area (Å²) in [6, 6.07) is 11.4. The first-order valence-electron chi connectivity index (χ1n) is 16.7. The van der Waals surface area contributed by atoms with Crippen LogP contribution in [0.25, 0.3) is 0 Å². The van der Waals surface area contributed by atoms with Gasteiger partial charge < -0.3 is 19.3 Å². The number of ether oxygens (including phenoxy) is 2. The van der Waals surface area contributed by atoms with Crippen molar-refractivity contribution in [3.63, 3.8) is 0 Å². The lowest BCUT2D eigenvalue weighted by atomic mass is 9.68. The second kappa shape index (κ2) is 13.4. The van der Waals surface area contributed by atoms with E-state index >= 15 is 0 Å². The van der Waals surface area contributed by atoms with Crippen molar-refractivity contribution in [1.29, 1.82) is 0 Å². The molecule has 0 radical (unpaired) electrons. The molecule has 2 amide bonds. The van der Waals surface area contributed by atoms with Crippen molar-refractivity contribution in [2.45, 2.75) is 69.1 Å². The standard InChI is InChI=1S/C36H46ClN3O6S/c1-23-7-5-9-32(45-20-34(41)39(3)4)29-13-10-27(29)19-40-21-36(16-6-8-25-17-28(37)12-14-30(25)36)22-46-33-15-11-26(18-31(33)40)35(42)38-47(43,44)24(23)2/h5,9,11-12,14-15,17-18,23-24,27,29,32H,6-8,10,13,16,19-22H2,1-4H3,(H,38,42)/b9-5+/t23-,24+,27-,29+,32-,36-/m0/s1. The van der Waals surface area contributed by atoms with E-state index in [9.17, 15) is 18.0 Å². The molecular formula is C36H46ClN3O6S. The van der Waals surface area contributed by atoms with Gasteiger partial charge in [-0.1, -0.05) is 36.7 Å². The molecule has 2 aliphatic heterocycles. The van der Waals surface area contributed by atoms with E-state index in [4.69, 9.17) is 21.1 Å². The molecule has 4 aliphatic rings. The number of fused-ring (bicyclic) bond motifs is 4. The SMILES string of the molecule is C[C@@H]1[C@@H](C)C/C=C/[C@H](OCC(=O)N(C)C)[C@@H]2CC[C@H]2CN2C[C@@]3(CCCc4cc(Cl)ccc43)COc3ccc(cc32)C(=O)NS1(=O)=O. The fraction of sp³-hybridized carbons (Fsp3) is 0.556. The number of amides is 2. The Balaban J connectivity index is 1.41. The van der Waals surface area contributed by atoms with Crippen LogP contribution in [-0.4, -0.2) is 76.9 Å². The summed E-state index contributed by atoms with van der Waals surface area (Å²) in [7, 11) is -0.525. The average Bonchev–Trinajstić information content (AvgIpc) is 3.17. The number of nitrogens with one attached hydrogen (secondary N) is 1. The number of halogens is 1. The molecule has 0 unspecified atom stereocenters. The van der Waals surface area contributed by atoms with Gasteiger partial charge in [-0.2, -0.15) is 0 Å². The van der Waals surface area contributed by atoms with Gasteiger partial charge in [0.25, 0.3) is 5.91 Å². The summed E-state index contributed by atoms with van der Waals surface area (Å²) in [5.41, 5.74) is 3.25. The van der Waals surface area contributed by atoms with E-state index in [1.165, 1.54) is 16.0 Å². The summed E-state index contributed by atoms with van der Waals surface area (Å²) in [6.07, 6.45) is 9.08. The predicted molar refractivity (Wildman–Crippen MR) is 184 cm³/mol. The summed E-state index contributed by atoms with van der Waals surface area (Å²) in [5.74, 6) is 0.119. The third-order valence-electron chi connectivity index (χ3n) is 10.9. The fourth-order valence-corrected chi connectivity index (χ4v) is 9.10. The first kappa shape index (κ1) is 33.8. The zero-order chi connectivity index (χ0) is 33.5. The van der Waals surface area contributed by atoms with Crippen LogP contribution < -0.4 is 14.4 Å². The summed E-state index contributed by atoms with van der Waals surface area (Å²) in [5, 5.41) is -0.0855. The molecule has 1 spiro atoms. The molecule has 6 atom stereocenters. The van der Waals surface area contributed by atoms with Gasteiger partial charge in [0, 0.05) is 43.2 Å². The van der Waals surface area contributed by atoms with Gasteiger partial charge in [0.2, 0.25) is 15.9 Å². The number of carbonyl (C=O) groups is 2. The van der Waals surface area contributed by atoms with Crippen LogP contribution in [-0.2, 0) is 31.4 Å². The average molecular weight is 684 g/mol. The zero-order valence-corrected chi connectivity index (χ0v) is 29.3. The molecule has 2 aromatic carbocycles. The summed E-state index contributed by atoms with van der Waals surface area (Å²) >= 11 is 6.43. The fourth-order valence-electron chi connectivity index (χ4n) is 7.62. The number of allylic oxidation sites excluding steroid dienone is 1. The van der Waals surface area contributed by atoms with Crippen LogP contribution >= 0.6 is 11.6 Å². The first-order chi connectivity index (χ1) is 22.4. The molecule has 254 valence electrons. The minimum Gasteiger partial charge on any atom is -0.490 e. The van der Waals surface area contributed by atoms with Gasteiger partial charge in [0.15, 0.2) is 0 Å². The molecule has 2 aliphatic carbocycles. The molecule has 6 rings (SSSR count). The monoisotopic (exact) mass is 683 g/mol. The normalized spacial score (nSPS) is 30.9. The topological polar surface area (TPSA) is 105 Å². The van der Waals surface area contributed by atoms with Crippen LogP contribution in [0.2, 0.25) is 5.02 Å². The minimum atomic E-state index is -3.96. The maximum absolute atomic E-state index is 13.5. The van der Waals surface area contributed by atoms with Crippen molar-refractivity contribution in [3.05, 3.63) is 70.3 Å². The molecular weight excluding hydrogens is 638 g/mol. The largest absolute Gasteiger partial charge is 0.490 e. The van der Waals surface area contributed by atoms with Gasteiger partial charge >= 0.3 is 0 Å². The Hall–Kier alpha value is -3.08. The maximum atomic E-state index is 13.5. The first-order valence-corrected chi connectivity index (χ1v) is 18.6. The molecule has 2 heterocycles. The Bertz CT molecular complexity index is 1660. The van der Waals surface area contributed by atoms with Crippen molar-refractivity contribution >= 4 is 39.1 Å². The summed E-state index contributed by atoms with van der Waals surface area (Å²) in [4.78, 5) is 29.9. The van der Waals surface area contributed by atoms with Crippen LogP contribution in [0.4, 0.5) is 5.69 Å². The number of aryl methyl sites for hydroxylation is 1. The molecule has 11 heteroatoms. The van der Waals surface area contributed by atoms with E-state index in [0.717, 1.165) is 42.8 Å². The van der Waals surface area contributed by atoms with Gasteiger partial charge in [-0.25, -0.2) is 13.1 Å². The smallest absolute Gasteiger partial charge is 0.264 e. The Morgan fingerprint density at radius 3 is 2.72 bits per heavy atom. The molecule has 1 saturated carbocycles. The van der Waals surface area contributed by atoms with E-state index in [1.54, 1.807) is 39.2 Å². The van der Waals surface area contributed by atoms with Gasteiger partial charge in [0.1, 0.15) is 12.4 Å². The quantitative estimate of drug-likeness (QED) is 0.435. The third kappa shape index (κ3) is 6.92. The highest BCUT2D eigenvalue weighted by molar-refractivity contribution is 7.90. The zero-order valence-electron chi connectivity index (χ0n) is 27.7. The minimum absolute atomic E-state index is 0.0240. The number of likely N-dealkylation sites (N-methyl/N-ethyl adjacent to an activating group) is 1. The highest BCUT2D eigenvalue weighted by Gasteiger charge is 2.44. The number of hydrogen-bond acceptors (Lipinski definition) is 7. The Labute approximate surface area is 283 Å². The number of rotatable bonds is 3. The van der Waals surface area contributed by atoms with Crippen LogP contribution in [0.3, 0.4) is 0 Å². The Kier molecular flexibility index (Phi) is 9.67. The molecule has 0 aromatic heterocycles. The van der Waals surface area contributed by atoms with Crippen LogP contribution in [0.1, 0.15) is 67.4 Å². The molecule has 0 saturated heterocycles. The number of hydrogen-bond donors (Lipinski definition) is 1. The lowest BCUT2D eigenvalue weighted by Gasteiger charge is -2.46. The van der Waals surface area contributed by atoms with E-state index in [0.29, 0.717) is 31.9 Å². The van der Waals surface area contributed by atoms with Gasteiger partial charge in [-0.05, 0) is 105 Å². The summed E-state index contributed by atoms with van der Waals surface area (Å²) in [6.45, 7) is 5.34. The lowest BCUT2D eigenvalue weighted by Crippen LogP contribution is -2.50. The third-order valence-corrected chi connectivity index (χ3v) is 13.1. The van der Waals surface area contributed by atoms with Crippen molar-refractivity contribution in [3.8, 4) is 5.75 Å². The Morgan fingerprint density at radius 2 is 1.98 bits per heavy atom. The van der Waals surface area contributed by atoms with Gasteiger partial charge in [-0.3, -0.25) is 9.59 Å². The highest BCUT2D eigenvalue weighted by Crippen LogP contribution is 2.47. The number of carbonyl (C=O) groups excluding carboxylic acids is 2. The molecule has 1 N–H and O–H groups in total. The van der Waals surface area contributed by atoms with Gasteiger partial charge in [-0.15, -0.1) is 0 Å². The number of benzene rings is 2. The van der Waals surface area contributed by atoms with Crippen molar-refractivity contribution in [2.75, 3.05) is 45.3 Å². The van der Waals surface area contributed by atoms with Crippen LogP contribution in [0, 0.1) is 17.8 Å².